The maximum Gasteiger partial charge on any atom is -0.00203 e. The molecule has 0 spiro atoms. The van der Waals surface area contributed by atoms with Crippen molar-refractivity contribution in [3.8, 4) is 0 Å². The predicted octanol–water partition coefficient (Wildman–Crippen LogP) is 3.06. The van der Waals surface area contributed by atoms with Gasteiger partial charge in [-0.1, -0.05) is 33.6 Å². The average Bonchev–Trinajstić information content (AvgIpc) is 2.51. The minimum Gasteiger partial charge on any atom is -0.316 e. The van der Waals surface area contributed by atoms with E-state index >= 15 is 0 Å². The van der Waals surface area contributed by atoms with Crippen LogP contribution in [0.15, 0.2) is 0 Å². The zero-order valence-electron chi connectivity index (χ0n) is 9.47. The molecule has 0 bridgehead atoms. The van der Waals surface area contributed by atoms with Gasteiger partial charge >= 0.3 is 0 Å². The van der Waals surface area contributed by atoms with Crippen molar-refractivity contribution in [2.45, 2.75) is 46.5 Å². The van der Waals surface area contributed by atoms with E-state index in [4.69, 9.17) is 0 Å². The van der Waals surface area contributed by atoms with Crippen LogP contribution in [0.3, 0.4) is 0 Å². The summed E-state index contributed by atoms with van der Waals surface area (Å²) in [5.41, 5.74) is 0. The van der Waals surface area contributed by atoms with Crippen molar-refractivity contribution in [1.82, 2.24) is 5.32 Å². The Hall–Kier alpha value is -0.0400. The smallest absolute Gasteiger partial charge is 0.00203 e. The van der Waals surface area contributed by atoms with E-state index in [2.05, 4.69) is 26.1 Å². The Balaban J connectivity index is 2.00. The van der Waals surface area contributed by atoms with E-state index < -0.39 is 0 Å². The number of nitrogens with one attached hydrogen (secondary N) is 1. The van der Waals surface area contributed by atoms with Crippen LogP contribution < -0.4 is 5.32 Å². The summed E-state index contributed by atoms with van der Waals surface area (Å²) in [7, 11) is 0. The largest absolute Gasteiger partial charge is 0.316 e. The van der Waals surface area contributed by atoms with Gasteiger partial charge in [0.1, 0.15) is 0 Å². The molecule has 0 saturated heterocycles. The van der Waals surface area contributed by atoms with E-state index in [1.807, 2.05) is 0 Å². The summed E-state index contributed by atoms with van der Waals surface area (Å²) in [5.74, 6) is 2.80. The molecule has 0 aromatic rings. The Kier molecular flexibility index (Phi) is 4.79. The van der Waals surface area contributed by atoms with Gasteiger partial charge in [0.25, 0.3) is 0 Å². The highest BCUT2D eigenvalue weighted by molar-refractivity contribution is 4.74. The Morgan fingerprint density at radius 1 is 1.38 bits per heavy atom. The quantitative estimate of drug-likeness (QED) is 0.691. The van der Waals surface area contributed by atoms with Crippen molar-refractivity contribution in [3.05, 3.63) is 0 Å². The second-order valence-corrected chi connectivity index (χ2v) is 4.96. The molecule has 0 radical (unpaired) electrons. The molecule has 13 heavy (non-hydrogen) atoms. The van der Waals surface area contributed by atoms with Crippen LogP contribution in [0.1, 0.15) is 46.5 Å². The molecule has 3 unspecified atom stereocenters. The lowest BCUT2D eigenvalue weighted by Gasteiger charge is -2.13. The van der Waals surface area contributed by atoms with Gasteiger partial charge in [-0.3, -0.25) is 0 Å². The summed E-state index contributed by atoms with van der Waals surface area (Å²) in [6.07, 6.45) is 5.66. The molecular weight excluding hydrogens is 158 g/mol. The third-order valence-electron chi connectivity index (χ3n) is 3.43. The van der Waals surface area contributed by atoms with Gasteiger partial charge in [-0.2, -0.15) is 0 Å². The third-order valence-corrected chi connectivity index (χ3v) is 3.43. The fourth-order valence-electron chi connectivity index (χ4n) is 2.19. The number of hydrogen-bond donors (Lipinski definition) is 1. The predicted molar refractivity (Wildman–Crippen MR) is 58.8 cm³/mol. The topological polar surface area (TPSA) is 12.0 Å². The normalized spacial score (nSPS) is 30.7. The molecule has 1 aliphatic rings. The summed E-state index contributed by atoms with van der Waals surface area (Å²) in [6, 6.07) is 0. The second-order valence-electron chi connectivity index (χ2n) is 4.96. The van der Waals surface area contributed by atoms with E-state index in [1.54, 1.807) is 0 Å². The summed E-state index contributed by atoms with van der Waals surface area (Å²) >= 11 is 0. The standard InChI is InChI=1S/C12H25N/c1-4-10(2)8-13-9-12-6-5-11(3)7-12/h10-13H,4-9H2,1-3H3. The molecule has 1 aliphatic carbocycles. The lowest BCUT2D eigenvalue weighted by molar-refractivity contribution is 0.431. The summed E-state index contributed by atoms with van der Waals surface area (Å²) in [5, 5.41) is 3.60. The molecule has 0 amide bonds. The molecule has 1 fully saturated rings. The first-order valence-electron chi connectivity index (χ1n) is 5.93. The Morgan fingerprint density at radius 2 is 2.15 bits per heavy atom. The van der Waals surface area contributed by atoms with E-state index in [-0.39, 0.29) is 0 Å². The molecule has 0 aliphatic heterocycles. The highest BCUT2D eigenvalue weighted by Crippen LogP contribution is 2.29. The van der Waals surface area contributed by atoms with Gasteiger partial charge in [-0.25, -0.2) is 0 Å². The molecular formula is C12H25N. The first kappa shape index (κ1) is 11.0. The lowest BCUT2D eigenvalue weighted by atomic mass is 10.1. The van der Waals surface area contributed by atoms with Gasteiger partial charge in [-0.15, -0.1) is 0 Å². The Morgan fingerprint density at radius 3 is 2.69 bits per heavy atom. The Bertz CT molecular complexity index is 133. The lowest BCUT2D eigenvalue weighted by Crippen LogP contribution is -2.26. The molecule has 0 aromatic heterocycles. The van der Waals surface area contributed by atoms with Crippen molar-refractivity contribution >= 4 is 0 Å². The maximum absolute atomic E-state index is 3.60. The van der Waals surface area contributed by atoms with Crippen LogP contribution in [-0.4, -0.2) is 13.1 Å². The second kappa shape index (κ2) is 5.64. The minimum atomic E-state index is 0.846. The molecule has 0 aromatic carbocycles. The Labute approximate surface area is 83.3 Å². The molecule has 78 valence electrons. The van der Waals surface area contributed by atoms with E-state index in [0.717, 1.165) is 17.8 Å². The first-order chi connectivity index (χ1) is 6.22. The summed E-state index contributed by atoms with van der Waals surface area (Å²) in [6.45, 7) is 9.44. The van der Waals surface area contributed by atoms with Gasteiger partial charge in [0, 0.05) is 0 Å². The van der Waals surface area contributed by atoms with Crippen molar-refractivity contribution in [2.24, 2.45) is 17.8 Å². The van der Waals surface area contributed by atoms with Crippen LogP contribution in [0.25, 0.3) is 0 Å². The van der Waals surface area contributed by atoms with Crippen LogP contribution in [0.2, 0.25) is 0 Å². The van der Waals surface area contributed by atoms with Crippen molar-refractivity contribution in [1.29, 1.82) is 0 Å². The van der Waals surface area contributed by atoms with Crippen LogP contribution in [0.5, 0.6) is 0 Å². The molecule has 1 nitrogen and oxygen atoms in total. The number of rotatable bonds is 5. The average molecular weight is 183 g/mol. The highest BCUT2D eigenvalue weighted by Gasteiger charge is 2.20. The maximum atomic E-state index is 3.60. The molecule has 1 heteroatoms. The van der Waals surface area contributed by atoms with E-state index in [1.165, 1.54) is 38.8 Å². The van der Waals surface area contributed by atoms with Crippen LogP contribution in [0.4, 0.5) is 0 Å². The fraction of sp³-hybridized carbons (Fsp3) is 1.00. The molecule has 1 saturated carbocycles. The summed E-state index contributed by atoms with van der Waals surface area (Å²) < 4.78 is 0. The fourth-order valence-corrected chi connectivity index (χ4v) is 2.19. The first-order valence-corrected chi connectivity index (χ1v) is 5.93. The minimum absolute atomic E-state index is 0.846. The van der Waals surface area contributed by atoms with Gasteiger partial charge in [0.05, 0.1) is 0 Å². The highest BCUT2D eigenvalue weighted by atomic mass is 14.9. The van der Waals surface area contributed by atoms with Gasteiger partial charge in [0.15, 0.2) is 0 Å². The monoisotopic (exact) mass is 183 g/mol. The van der Waals surface area contributed by atoms with Crippen molar-refractivity contribution in [2.75, 3.05) is 13.1 Å². The molecule has 3 atom stereocenters. The van der Waals surface area contributed by atoms with Crippen LogP contribution in [0, 0.1) is 17.8 Å². The van der Waals surface area contributed by atoms with Gasteiger partial charge < -0.3 is 5.32 Å². The van der Waals surface area contributed by atoms with Crippen molar-refractivity contribution in [3.63, 3.8) is 0 Å². The zero-order valence-corrected chi connectivity index (χ0v) is 9.47. The molecule has 1 N–H and O–H groups in total. The molecule has 1 rings (SSSR count). The third kappa shape index (κ3) is 4.12. The van der Waals surface area contributed by atoms with Crippen LogP contribution in [-0.2, 0) is 0 Å². The summed E-state index contributed by atoms with van der Waals surface area (Å²) in [4.78, 5) is 0. The SMILES string of the molecule is CCC(C)CNCC1CCC(C)C1. The van der Waals surface area contributed by atoms with Crippen LogP contribution >= 0.6 is 0 Å². The van der Waals surface area contributed by atoms with E-state index in [0.29, 0.717) is 0 Å². The zero-order chi connectivity index (χ0) is 9.68. The van der Waals surface area contributed by atoms with Crippen molar-refractivity contribution < 1.29 is 0 Å². The number of hydrogen-bond acceptors (Lipinski definition) is 1. The van der Waals surface area contributed by atoms with Gasteiger partial charge in [-0.05, 0) is 43.7 Å². The molecule has 0 heterocycles. The van der Waals surface area contributed by atoms with E-state index in [9.17, 15) is 0 Å². The van der Waals surface area contributed by atoms with Gasteiger partial charge in [0.2, 0.25) is 0 Å².